The van der Waals surface area contributed by atoms with Crippen molar-refractivity contribution in [2.24, 2.45) is 5.92 Å². The van der Waals surface area contributed by atoms with Crippen molar-refractivity contribution < 1.29 is 9.32 Å². The Hall–Kier alpha value is -1.69. The van der Waals surface area contributed by atoms with Crippen LogP contribution in [0.1, 0.15) is 31.1 Å². The van der Waals surface area contributed by atoms with Crippen LogP contribution in [0.5, 0.6) is 0 Å². The number of hydrogen-bond donors (Lipinski definition) is 0. The summed E-state index contributed by atoms with van der Waals surface area (Å²) in [6.07, 6.45) is 3.31. The average molecular weight is 289 g/mol. The first-order valence-electron chi connectivity index (χ1n) is 6.96. The van der Waals surface area contributed by atoms with Crippen molar-refractivity contribution in [3.05, 3.63) is 22.7 Å². The van der Waals surface area contributed by atoms with Crippen LogP contribution in [-0.4, -0.2) is 34.0 Å². The molecular formula is C14H15N3O2S. The average Bonchev–Trinajstić information content (AvgIpc) is 2.94. The van der Waals surface area contributed by atoms with Crippen molar-refractivity contribution in [1.29, 1.82) is 0 Å². The van der Waals surface area contributed by atoms with Gasteiger partial charge in [0.25, 0.3) is 0 Å². The molecular weight excluding hydrogens is 274 g/mol. The molecule has 2 fully saturated rings. The summed E-state index contributed by atoms with van der Waals surface area (Å²) in [6.45, 7) is 1.45. The fourth-order valence-electron chi connectivity index (χ4n) is 2.64. The minimum Gasteiger partial charge on any atom is -0.341 e. The molecule has 20 heavy (non-hydrogen) atoms. The Morgan fingerprint density at radius 1 is 1.40 bits per heavy atom. The van der Waals surface area contributed by atoms with Crippen LogP contribution in [0, 0.1) is 5.92 Å². The lowest BCUT2D eigenvalue weighted by atomic mass is 9.83. The van der Waals surface area contributed by atoms with Crippen molar-refractivity contribution in [2.75, 3.05) is 13.1 Å². The number of rotatable bonds is 3. The Morgan fingerprint density at radius 3 is 2.90 bits per heavy atom. The maximum Gasteiger partial charge on any atom is 0.233 e. The van der Waals surface area contributed by atoms with E-state index in [0.29, 0.717) is 17.6 Å². The highest BCUT2D eigenvalue weighted by atomic mass is 32.1. The highest BCUT2D eigenvalue weighted by molar-refractivity contribution is 7.08. The molecule has 0 bridgehead atoms. The van der Waals surface area contributed by atoms with Gasteiger partial charge in [-0.15, -0.1) is 0 Å². The first-order chi connectivity index (χ1) is 9.81. The number of amides is 1. The maximum absolute atomic E-state index is 12.0. The van der Waals surface area contributed by atoms with Gasteiger partial charge >= 0.3 is 0 Å². The lowest BCUT2D eigenvalue weighted by Crippen LogP contribution is -2.51. The van der Waals surface area contributed by atoms with Crippen LogP contribution in [0.4, 0.5) is 0 Å². The van der Waals surface area contributed by atoms with E-state index in [9.17, 15) is 4.79 Å². The summed E-state index contributed by atoms with van der Waals surface area (Å²) in [4.78, 5) is 18.4. The lowest BCUT2D eigenvalue weighted by molar-refractivity contribution is -0.143. The largest absolute Gasteiger partial charge is 0.341 e. The SMILES string of the molecule is O=C(C1CCC1)N1CC(c2nc(-c3ccsc3)no2)C1. The first kappa shape index (κ1) is 12.1. The molecule has 4 rings (SSSR count). The van der Waals surface area contributed by atoms with Gasteiger partial charge in [0.05, 0.1) is 5.92 Å². The second kappa shape index (κ2) is 4.70. The summed E-state index contributed by atoms with van der Waals surface area (Å²) >= 11 is 1.61. The predicted octanol–water partition coefficient (Wildman–Crippen LogP) is 2.52. The van der Waals surface area contributed by atoms with E-state index in [1.54, 1.807) is 11.3 Å². The number of thiophene rings is 1. The van der Waals surface area contributed by atoms with Crippen LogP contribution in [-0.2, 0) is 4.79 Å². The van der Waals surface area contributed by atoms with E-state index in [-0.39, 0.29) is 11.8 Å². The number of likely N-dealkylation sites (tertiary alicyclic amines) is 1. The van der Waals surface area contributed by atoms with Crippen LogP contribution in [0.25, 0.3) is 11.4 Å². The Morgan fingerprint density at radius 2 is 2.25 bits per heavy atom. The third kappa shape index (κ3) is 1.95. The van der Waals surface area contributed by atoms with E-state index in [2.05, 4.69) is 10.1 Å². The zero-order chi connectivity index (χ0) is 13.5. The van der Waals surface area contributed by atoms with Gasteiger partial charge in [0.1, 0.15) is 0 Å². The monoisotopic (exact) mass is 289 g/mol. The quantitative estimate of drug-likeness (QED) is 0.871. The summed E-state index contributed by atoms with van der Waals surface area (Å²) in [5.74, 6) is 2.10. The number of aromatic nitrogens is 2. The molecule has 1 amide bonds. The van der Waals surface area contributed by atoms with Crippen LogP contribution in [0.15, 0.2) is 21.3 Å². The van der Waals surface area contributed by atoms with E-state index in [0.717, 1.165) is 31.5 Å². The lowest BCUT2D eigenvalue weighted by Gasteiger charge is -2.41. The zero-order valence-electron chi connectivity index (χ0n) is 11.0. The molecule has 0 aromatic carbocycles. The smallest absolute Gasteiger partial charge is 0.233 e. The van der Waals surface area contributed by atoms with Crippen molar-refractivity contribution in [3.63, 3.8) is 0 Å². The highest BCUT2D eigenvalue weighted by Gasteiger charge is 2.39. The van der Waals surface area contributed by atoms with Crippen molar-refractivity contribution >= 4 is 17.2 Å². The summed E-state index contributed by atoms with van der Waals surface area (Å²) in [7, 11) is 0. The van der Waals surface area contributed by atoms with Gasteiger partial charge in [-0.25, -0.2) is 0 Å². The first-order valence-corrected chi connectivity index (χ1v) is 7.90. The molecule has 5 nitrogen and oxygen atoms in total. The van der Waals surface area contributed by atoms with Gasteiger partial charge in [0.15, 0.2) is 0 Å². The van der Waals surface area contributed by atoms with E-state index in [1.807, 2.05) is 21.7 Å². The minimum atomic E-state index is 0.207. The van der Waals surface area contributed by atoms with Crippen molar-refractivity contribution in [1.82, 2.24) is 15.0 Å². The third-order valence-corrected chi connectivity index (χ3v) is 4.90. The molecule has 2 aromatic heterocycles. The predicted molar refractivity (Wildman–Crippen MR) is 74.3 cm³/mol. The molecule has 2 aromatic rings. The Labute approximate surface area is 120 Å². The van der Waals surface area contributed by atoms with Gasteiger partial charge in [-0.1, -0.05) is 11.6 Å². The van der Waals surface area contributed by atoms with Gasteiger partial charge in [-0.3, -0.25) is 4.79 Å². The summed E-state index contributed by atoms with van der Waals surface area (Å²) in [5.41, 5.74) is 0.992. The minimum absolute atomic E-state index is 0.207. The molecule has 0 spiro atoms. The Kier molecular flexibility index (Phi) is 2.84. The van der Waals surface area contributed by atoms with Gasteiger partial charge in [-0.2, -0.15) is 16.3 Å². The number of carbonyl (C=O) groups excluding carboxylic acids is 1. The topological polar surface area (TPSA) is 59.2 Å². The fourth-order valence-corrected chi connectivity index (χ4v) is 3.27. The molecule has 6 heteroatoms. The molecule has 3 heterocycles. The van der Waals surface area contributed by atoms with E-state index >= 15 is 0 Å². The van der Waals surface area contributed by atoms with Crippen LogP contribution in [0.3, 0.4) is 0 Å². The van der Waals surface area contributed by atoms with Crippen LogP contribution < -0.4 is 0 Å². The molecule has 1 saturated carbocycles. The molecule has 0 unspecified atom stereocenters. The van der Waals surface area contributed by atoms with Gasteiger partial charge < -0.3 is 9.42 Å². The van der Waals surface area contributed by atoms with Crippen molar-refractivity contribution in [2.45, 2.75) is 25.2 Å². The summed E-state index contributed by atoms with van der Waals surface area (Å²) in [6, 6.07) is 1.98. The van der Waals surface area contributed by atoms with Gasteiger partial charge in [-0.05, 0) is 24.3 Å². The van der Waals surface area contributed by atoms with E-state index in [1.165, 1.54) is 6.42 Å². The number of nitrogens with zero attached hydrogens (tertiary/aromatic N) is 3. The molecule has 0 N–H and O–H groups in total. The van der Waals surface area contributed by atoms with Crippen molar-refractivity contribution in [3.8, 4) is 11.4 Å². The standard InChI is InChI=1S/C14H15N3O2S/c18-14(9-2-1-3-9)17-6-11(7-17)13-15-12(16-19-13)10-4-5-20-8-10/h4-5,8-9,11H,1-3,6-7H2. The highest BCUT2D eigenvalue weighted by Crippen LogP contribution is 2.34. The number of carbonyl (C=O) groups is 1. The maximum atomic E-state index is 12.0. The van der Waals surface area contributed by atoms with E-state index in [4.69, 9.17) is 4.52 Å². The molecule has 0 atom stereocenters. The Balaban J connectivity index is 1.40. The zero-order valence-corrected chi connectivity index (χ0v) is 11.8. The summed E-state index contributed by atoms with van der Waals surface area (Å²) < 4.78 is 5.33. The fraction of sp³-hybridized carbons (Fsp3) is 0.500. The van der Waals surface area contributed by atoms with Gasteiger partial charge in [0.2, 0.25) is 17.6 Å². The van der Waals surface area contributed by atoms with E-state index < -0.39 is 0 Å². The number of hydrogen-bond acceptors (Lipinski definition) is 5. The molecule has 0 radical (unpaired) electrons. The van der Waals surface area contributed by atoms with Crippen LogP contribution in [0.2, 0.25) is 0 Å². The van der Waals surface area contributed by atoms with Gasteiger partial charge in [0, 0.05) is 30.0 Å². The molecule has 1 aliphatic heterocycles. The Bertz CT molecular complexity index is 612. The molecule has 2 aliphatic rings. The normalized spacial score (nSPS) is 19.7. The molecule has 104 valence electrons. The molecule has 1 aliphatic carbocycles. The second-order valence-electron chi connectivity index (χ2n) is 5.54. The molecule has 1 saturated heterocycles. The summed E-state index contributed by atoms with van der Waals surface area (Å²) in [5, 5.41) is 8.01. The van der Waals surface area contributed by atoms with Crippen LogP contribution >= 0.6 is 11.3 Å². The third-order valence-electron chi connectivity index (χ3n) is 4.22. The second-order valence-corrected chi connectivity index (χ2v) is 6.32.